The van der Waals surface area contributed by atoms with E-state index in [0.717, 1.165) is 12.8 Å². The van der Waals surface area contributed by atoms with Crippen molar-refractivity contribution in [3.05, 3.63) is 29.3 Å². The zero-order valence-electron chi connectivity index (χ0n) is 10.0. The molecule has 0 aromatic heterocycles. The zero-order valence-corrected chi connectivity index (χ0v) is 10.0. The van der Waals surface area contributed by atoms with Gasteiger partial charge in [-0.25, -0.2) is 0 Å². The highest BCUT2D eigenvalue weighted by Crippen LogP contribution is 2.33. The van der Waals surface area contributed by atoms with E-state index in [1.165, 1.54) is 11.1 Å². The van der Waals surface area contributed by atoms with Gasteiger partial charge in [0.25, 0.3) is 0 Å². The highest BCUT2D eigenvalue weighted by atomic mass is 16.5. The molecular weight excluding hydrogens is 218 g/mol. The normalized spacial score (nSPS) is 20.2. The average Bonchev–Trinajstić information content (AvgIpc) is 2.69. The SMILES string of the molecule is COCC(O)CNC1CCc2cc(O)ccc21. The van der Waals surface area contributed by atoms with Gasteiger partial charge in [-0.2, -0.15) is 0 Å². The molecule has 3 N–H and O–H groups in total. The van der Waals surface area contributed by atoms with Gasteiger partial charge in [0.2, 0.25) is 0 Å². The Morgan fingerprint density at radius 3 is 3.12 bits per heavy atom. The van der Waals surface area contributed by atoms with Crippen molar-refractivity contribution in [2.45, 2.75) is 25.0 Å². The van der Waals surface area contributed by atoms with Crippen molar-refractivity contribution in [2.24, 2.45) is 0 Å². The maximum Gasteiger partial charge on any atom is 0.115 e. The Bertz CT molecular complexity index is 381. The van der Waals surface area contributed by atoms with Crippen LogP contribution in [0.4, 0.5) is 0 Å². The van der Waals surface area contributed by atoms with Crippen LogP contribution < -0.4 is 5.32 Å². The number of rotatable bonds is 5. The molecule has 0 saturated carbocycles. The van der Waals surface area contributed by atoms with Gasteiger partial charge in [-0.3, -0.25) is 0 Å². The zero-order chi connectivity index (χ0) is 12.3. The number of hydrogen-bond acceptors (Lipinski definition) is 4. The largest absolute Gasteiger partial charge is 0.508 e. The van der Waals surface area contributed by atoms with Gasteiger partial charge in [0.05, 0.1) is 12.7 Å². The van der Waals surface area contributed by atoms with Crippen molar-refractivity contribution < 1.29 is 14.9 Å². The van der Waals surface area contributed by atoms with Gasteiger partial charge in [0.1, 0.15) is 5.75 Å². The van der Waals surface area contributed by atoms with E-state index in [1.807, 2.05) is 12.1 Å². The summed E-state index contributed by atoms with van der Waals surface area (Å²) in [5, 5.41) is 22.3. The predicted octanol–water partition coefficient (Wildman–Crippen LogP) is 0.976. The summed E-state index contributed by atoms with van der Waals surface area (Å²) in [5.41, 5.74) is 2.43. The van der Waals surface area contributed by atoms with Crippen molar-refractivity contribution in [2.75, 3.05) is 20.3 Å². The lowest BCUT2D eigenvalue weighted by Gasteiger charge is -2.17. The van der Waals surface area contributed by atoms with Crippen LogP contribution in [0.25, 0.3) is 0 Å². The molecule has 0 radical (unpaired) electrons. The van der Waals surface area contributed by atoms with Crippen LogP contribution in [0.1, 0.15) is 23.6 Å². The molecule has 17 heavy (non-hydrogen) atoms. The maximum absolute atomic E-state index is 9.57. The van der Waals surface area contributed by atoms with Gasteiger partial charge < -0.3 is 20.3 Å². The molecule has 1 aliphatic carbocycles. The summed E-state index contributed by atoms with van der Waals surface area (Å²) in [6, 6.07) is 5.77. The smallest absolute Gasteiger partial charge is 0.115 e. The summed E-state index contributed by atoms with van der Waals surface area (Å²) in [6.45, 7) is 0.876. The first-order valence-electron chi connectivity index (χ1n) is 5.93. The van der Waals surface area contributed by atoms with Gasteiger partial charge >= 0.3 is 0 Å². The molecule has 2 atom stereocenters. The fourth-order valence-corrected chi connectivity index (χ4v) is 2.35. The third kappa shape index (κ3) is 2.97. The Hall–Kier alpha value is -1.10. The molecule has 1 aromatic rings. The van der Waals surface area contributed by atoms with Crippen LogP contribution >= 0.6 is 0 Å². The molecule has 0 spiro atoms. The third-order valence-corrected chi connectivity index (χ3v) is 3.16. The van der Waals surface area contributed by atoms with Crippen molar-refractivity contribution in [3.8, 4) is 5.75 Å². The van der Waals surface area contributed by atoms with Gasteiger partial charge in [-0.05, 0) is 36.1 Å². The number of fused-ring (bicyclic) bond motifs is 1. The number of phenols is 1. The number of aliphatic hydroxyl groups excluding tert-OH is 1. The molecule has 94 valence electrons. The predicted molar refractivity (Wildman–Crippen MR) is 65.1 cm³/mol. The monoisotopic (exact) mass is 237 g/mol. The van der Waals surface area contributed by atoms with Gasteiger partial charge in [0.15, 0.2) is 0 Å². The van der Waals surface area contributed by atoms with Gasteiger partial charge in [-0.1, -0.05) is 6.07 Å². The molecule has 2 rings (SSSR count). The van der Waals surface area contributed by atoms with Crippen LogP contribution in [-0.4, -0.2) is 36.6 Å². The molecule has 2 unspecified atom stereocenters. The number of benzene rings is 1. The van der Waals surface area contributed by atoms with E-state index in [2.05, 4.69) is 5.32 Å². The standard InChI is InChI=1S/C13H19NO3/c1-17-8-11(16)7-14-13-5-2-9-6-10(15)3-4-12(9)13/h3-4,6,11,13-16H,2,5,7-8H2,1H3. The Kier molecular flexibility index (Phi) is 3.99. The minimum absolute atomic E-state index is 0.275. The van der Waals surface area contributed by atoms with Crippen LogP contribution in [0.3, 0.4) is 0 Å². The van der Waals surface area contributed by atoms with E-state index in [4.69, 9.17) is 4.74 Å². The fourth-order valence-electron chi connectivity index (χ4n) is 2.35. The number of ether oxygens (including phenoxy) is 1. The number of methoxy groups -OCH3 is 1. The van der Waals surface area contributed by atoms with E-state index in [-0.39, 0.29) is 6.04 Å². The van der Waals surface area contributed by atoms with E-state index in [9.17, 15) is 10.2 Å². The fraction of sp³-hybridized carbons (Fsp3) is 0.538. The highest BCUT2D eigenvalue weighted by Gasteiger charge is 2.22. The summed E-state index contributed by atoms with van der Waals surface area (Å²) < 4.78 is 4.88. The Morgan fingerprint density at radius 1 is 1.53 bits per heavy atom. The number of aliphatic hydroxyl groups is 1. The van der Waals surface area contributed by atoms with E-state index >= 15 is 0 Å². The Morgan fingerprint density at radius 2 is 2.35 bits per heavy atom. The third-order valence-electron chi connectivity index (χ3n) is 3.16. The molecule has 0 bridgehead atoms. The maximum atomic E-state index is 9.57. The van der Waals surface area contributed by atoms with E-state index in [0.29, 0.717) is 18.9 Å². The van der Waals surface area contributed by atoms with E-state index in [1.54, 1.807) is 13.2 Å². The summed E-state index contributed by atoms with van der Waals surface area (Å²) in [5.74, 6) is 0.323. The minimum atomic E-state index is -0.471. The number of hydrogen-bond donors (Lipinski definition) is 3. The first-order valence-corrected chi connectivity index (χ1v) is 5.93. The van der Waals surface area contributed by atoms with Crippen molar-refractivity contribution in [1.82, 2.24) is 5.32 Å². The number of aromatic hydroxyl groups is 1. The van der Waals surface area contributed by atoms with Crippen molar-refractivity contribution >= 4 is 0 Å². The minimum Gasteiger partial charge on any atom is -0.508 e. The average molecular weight is 237 g/mol. The highest BCUT2D eigenvalue weighted by molar-refractivity contribution is 5.39. The lowest BCUT2D eigenvalue weighted by Crippen LogP contribution is -2.32. The topological polar surface area (TPSA) is 61.7 Å². The van der Waals surface area contributed by atoms with Gasteiger partial charge in [-0.15, -0.1) is 0 Å². The molecule has 0 fully saturated rings. The van der Waals surface area contributed by atoms with Crippen LogP contribution in [-0.2, 0) is 11.2 Å². The number of aryl methyl sites for hydroxylation is 1. The summed E-state index contributed by atoms with van der Waals surface area (Å²) in [7, 11) is 1.58. The van der Waals surface area contributed by atoms with Gasteiger partial charge in [0, 0.05) is 19.7 Å². The van der Waals surface area contributed by atoms with Crippen LogP contribution in [0.2, 0.25) is 0 Å². The second kappa shape index (κ2) is 5.49. The Balaban J connectivity index is 1.93. The van der Waals surface area contributed by atoms with Crippen molar-refractivity contribution in [3.63, 3.8) is 0 Å². The first kappa shape index (κ1) is 12.4. The summed E-state index contributed by atoms with van der Waals surface area (Å²) in [4.78, 5) is 0. The first-order chi connectivity index (χ1) is 8.20. The molecule has 1 aliphatic rings. The number of phenolic OH excluding ortho intramolecular Hbond substituents is 1. The lowest BCUT2D eigenvalue weighted by atomic mass is 10.1. The van der Waals surface area contributed by atoms with Crippen LogP contribution in [0.5, 0.6) is 5.75 Å². The quantitative estimate of drug-likeness (QED) is 0.714. The van der Waals surface area contributed by atoms with Crippen LogP contribution in [0, 0.1) is 0 Å². The molecule has 4 nitrogen and oxygen atoms in total. The molecule has 4 heteroatoms. The molecule has 0 amide bonds. The summed E-state index contributed by atoms with van der Waals surface area (Å²) in [6.07, 6.45) is 1.52. The molecule has 0 aliphatic heterocycles. The van der Waals surface area contributed by atoms with Crippen LogP contribution in [0.15, 0.2) is 18.2 Å². The second-order valence-corrected chi connectivity index (χ2v) is 4.49. The molecular formula is C13H19NO3. The summed E-state index contributed by atoms with van der Waals surface area (Å²) >= 11 is 0. The second-order valence-electron chi connectivity index (χ2n) is 4.49. The molecule has 0 saturated heterocycles. The number of nitrogens with one attached hydrogen (secondary N) is 1. The molecule has 0 heterocycles. The lowest BCUT2D eigenvalue weighted by molar-refractivity contribution is 0.0627. The Labute approximate surface area is 101 Å². The van der Waals surface area contributed by atoms with E-state index < -0.39 is 6.10 Å². The van der Waals surface area contributed by atoms with Crippen molar-refractivity contribution in [1.29, 1.82) is 0 Å². The molecule has 1 aromatic carbocycles.